The molecule has 0 bridgehead atoms. The fourth-order valence-corrected chi connectivity index (χ4v) is 2.03. The maximum atomic E-state index is 12.3. The summed E-state index contributed by atoms with van der Waals surface area (Å²) in [5, 5.41) is 8.95. The molecule has 0 aromatic carbocycles. The van der Waals surface area contributed by atoms with E-state index in [1.807, 2.05) is 0 Å². The van der Waals surface area contributed by atoms with Gasteiger partial charge < -0.3 is 5.11 Å². The molecule has 0 amide bonds. The zero-order valence-electron chi connectivity index (χ0n) is 6.87. The summed E-state index contributed by atoms with van der Waals surface area (Å²) in [6, 6.07) is 0.379. The van der Waals surface area contributed by atoms with Crippen molar-refractivity contribution < 1.29 is 22.3 Å². The van der Waals surface area contributed by atoms with E-state index >= 15 is 0 Å². The van der Waals surface area contributed by atoms with Crippen LogP contribution in [-0.2, 0) is 9.05 Å². The predicted molar refractivity (Wildman–Crippen MR) is 46.7 cm³/mol. The number of hydrogen-bond acceptors (Lipinski definition) is 4. The third kappa shape index (κ3) is 2.45. The lowest BCUT2D eigenvalue weighted by Crippen LogP contribution is -2.11. The van der Waals surface area contributed by atoms with Gasteiger partial charge in [-0.15, -0.1) is 0 Å². The van der Waals surface area contributed by atoms with Crippen LogP contribution in [0.1, 0.15) is 12.0 Å². The van der Waals surface area contributed by atoms with E-state index in [4.69, 9.17) is 15.8 Å². The molecule has 0 saturated heterocycles. The second-order valence-corrected chi connectivity index (χ2v) is 5.03. The molecule has 1 heterocycles. The van der Waals surface area contributed by atoms with Gasteiger partial charge in [-0.1, -0.05) is 0 Å². The lowest BCUT2D eigenvalue weighted by Gasteiger charge is -2.06. The van der Waals surface area contributed by atoms with Crippen molar-refractivity contribution in [1.82, 2.24) is 4.98 Å². The van der Waals surface area contributed by atoms with Crippen molar-refractivity contribution in [2.75, 3.05) is 0 Å². The van der Waals surface area contributed by atoms with Gasteiger partial charge in [0.15, 0.2) is 0 Å². The van der Waals surface area contributed by atoms with Gasteiger partial charge in [-0.3, -0.25) is 9.78 Å². The van der Waals surface area contributed by atoms with Crippen LogP contribution >= 0.6 is 10.7 Å². The van der Waals surface area contributed by atoms with Gasteiger partial charge in [0.05, 0.1) is 5.56 Å². The van der Waals surface area contributed by atoms with E-state index in [-0.39, 0.29) is 0 Å². The van der Waals surface area contributed by atoms with Crippen LogP contribution in [0.5, 0.6) is 5.88 Å². The van der Waals surface area contributed by atoms with Crippen LogP contribution in [0.2, 0.25) is 0 Å². The third-order valence-corrected chi connectivity index (χ3v) is 2.87. The van der Waals surface area contributed by atoms with E-state index in [0.29, 0.717) is 6.07 Å². The average Bonchev–Trinajstić information content (AvgIpc) is 1.99. The number of aromatic amines is 1. The van der Waals surface area contributed by atoms with Gasteiger partial charge in [-0.25, -0.2) is 17.2 Å². The molecule has 0 unspecified atom stereocenters. The zero-order valence-corrected chi connectivity index (χ0v) is 8.44. The molecule has 0 spiro atoms. The molecule has 84 valence electrons. The molecule has 15 heavy (non-hydrogen) atoms. The standard InChI is InChI=1S/C6H4ClF2NO4S/c7-15(13,14)2-1-3(11)10-6(12)4(2)5(8)9/h1,5H,(H2,10,11,12). The average molecular weight is 260 g/mol. The number of H-pyrrole nitrogens is 1. The zero-order chi connectivity index (χ0) is 11.8. The number of aromatic nitrogens is 1. The molecule has 2 N–H and O–H groups in total. The van der Waals surface area contributed by atoms with Crippen LogP contribution in [0.3, 0.4) is 0 Å². The first kappa shape index (κ1) is 11.9. The van der Waals surface area contributed by atoms with Crippen molar-refractivity contribution >= 4 is 19.7 Å². The molecule has 0 saturated carbocycles. The van der Waals surface area contributed by atoms with Crippen molar-refractivity contribution in [2.45, 2.75) is 11.3 Å². The largest absolute Gasteiger partial charge is 0.494 e. The fourth-order valence-electron chi connectivity index (χ4n) is 0.946. The number of halogens is 3. The number of alkyl halides is 2. The molecule has 0 aliphatic heterocycles. The fraction of sp³-hybridized carbons (Fsp3) is 0.167. The minimum Gasteiger partial charge on any atom is -0.494 e. The van der Waals surface area contributed by atoms with E-state index < -0.39 is 37.4 Å². The summed E-state index contributed by atoms with van der Waals surface area (Å²) in [6.45, 7) is 0. The summed E-state index contributed by atoms with van der Waals surface area (Å²) in [4.78, 5) is 11.3. The second-order valence-electron chi connectivity index (χ2n) is 2.50. The molecule has 0 atom stereocenters. The van der Waals surface area contributed by atoms with Crippen molar-refractivity contribution in [1.29, 1.82) is 0 Å². The Bertz CT molecular complexity index is 539. The Hall–Kier alpha value is -1.15. The Kier molecular flexibility index (Phi) is 3.00. The molecule has 0 radical (unpaired) electrons. The van der Waals surface area contributed by atoms with Crippen molar-refractivity contribution in [3.8, 4) is 5.88 Å². The molecular weight excluding hydrogens is 256 g/mol. The summed E-state index contributed by atoms with van der Waals surface area (Å²) in [6.07, 6.45) is -3.27. The van der Waals surface area contributed by atoms with Crippen molar-refractivity contribution in [3.63, 3.8) is 0 Å². The topological polar surface area (TPSA) is 87.2 Å². The Labute approximate surface area is 86.7 Å². The SMILES string of the molecule is O=c1cc(S(=O)(=O)Cl)c(C(F)F)c(O)[nH]1. The number of nitrogens with one attached hydrogen (secondary N) is 1. The summed E-state index contributed by atoms with van der Waals surface area (Å²) in [7, 11) is 0.315. The first-order chi connectivity index (χ1) is 6.73. The summed E-state index contributed by atoms with van der Waals surface area (Å²) in [5.74, 6) is -1.21. The van der Waals surface area contributed by atoms with Gasteiger partial charge in [-0.2, -0.15) is 0 Å². The predicted octanol–water partition coefficient (Wildman–Crippen LogP) is 0.946. The smallest absolute Gasteiger partial charge is 0.270 e. The molecule has 0 aliphatic rings. The molecule has 9 heteroatoms. The van der Waals surface area contributed by atoms with Crippen molar-refractivity contribution in [3.05, 3.63) is 22.0 Å². The number of pyridine rings is 1. The van der Waals surface area contributed by atoms with E-state index in [9.17, 15) is 22.0 Å². The molecule has 1 aromatic rings. The Morgan fingerprint density at radius 3 is 2.40 bits per heavy atom. The monoisotopic (exact) mass is 259 g/mol. The Balaban J connectivity index is 3.70. The maximum absolute atomic E-state index is 12.3. The van der Waals surface area contributed by atoms with Crippen LogP contribution in [0, 0.1) is 0 Å². The highest BCUT2D eigenvalue weighted by molar-refractivity contribution is 8.13. The van der Waals surface area contributed by atoms with E-state index in [1.165, 1.54) is 0 Å². The highest BCUT2D eigenvalue weighted by atomic mass is 35.7. The maximum Gasteiger partial charge on any atom is 0.270 e. The summed E-state index contributed by atoms with van der Waals surface area (Å²) < 4.78 is 46.4. The van der Waals surface area contributed by atoms with Gasteiger partial charge in [0, 0.05) is 16.7 Å². The van der Waals surface area contributed by atoms with Gasteiger partial charge in [0.2, 0.25) is 5.88 Å². The first-order valence-corrected chi connectivity index (χ1v) is 5.73. The van der Waals surface area contributed by atoms with Gasteiger partial charge in [0.25, 0.3) is 21.0 Å². The molecule has 1 aromatic heterocycles. The molecule has 0 aliphatic carbocycles. The molecule has 0 fully saturated rings. The van der Waals surface area contributed by atoms with Gasteiger partial charge >= 0.3 is 0 Å². The third-order valence-electron chi connectivity index (χ3n) is 1.51. The van der Waals surface area contributed by atoms with Crippen LogP contribution < -0.4 is 5.56 Å². The molecular formula is C6H4ClF2NO4S. The van der Waals surface area contributed by atoms with E-state index in [1.54, 1.807) is 4.98 Å². The van der Waals surface area contributed by atoms with E-state index in [0.717, 1.165) is 0 Å². The van der Waals surface area contributed by atoms with Crippen molar-refractivity contribution in [2.24, 2.45) is 0 Å². The highest BCUT2D eigenvalue weighted by Crippen LogP contribution is 2.32. The Morgan fingerprint density at radius 1 is 1.47 bits per heavy atom. The van der Waals surface area contributed by atoms with Crippen LogP contribution in [0.25, 0.3) is 0 Å². The number of rotatable bonds is 2. The highest BCUT2D eigenvalue weighted by Gasteiger charge is 2.26. The Morgan fingerprint density at radius 2 is 2.00 bits per heavy atom. The minimum absolute atomic E-state index is 0.379. The summed E-state index contributed by atoms with van der Waals surface area (Å²) in [5.41, 5.74) is -2.26. The van der Waals surface area contributed by atoms with Gasteiger partial charge in [-0.05, 0) is 0 Å². The second kappa shape index (κ2) is 3.78. The number of hydrogen-bond donors (Lipinski definition) is 2. The van der Waals surface area contributed by atoms with E-state index in [2.05, 4.69) is 0 Å². The van der Waals surface area contributed by atoms with Crippen LogP contribution in [0.4, 0.5) is 8.78 Å². The lowest BCUT2D eigenvalue weighted by molar-refractivity contribution is 0.142. The van der Waals surface area contributed by atoms with Crippen LogP contribution in [-0.4, -0.2) is 18.5 Å². The first-order valence-electron chi connectivity index (χ1n) is 3.42. The lowest BCUT2D eigenvalue weighted by atomic mass is 10.3. The normalized spacial score (nSPS) is 12.0. The summed E-state index contributed by atoms with van der Waals surface area (Å²) >= 11 is 0. The minimum atomic E-state index is -4.51. The molecule has 1 rings (SSSR count). The molecule has 5 nitrogen and oxygen atoms in total. The quantitative estimate of drug-likeness (QED) is 0.774. The number of aromatic hydroxyl groups is 1. The van der Waals surface area contributed by atoms with Gasteiger partial charge in [0.1, 0.15) is 4.90 Å². The van der Waals surface area contributed by atoms with Crippen LogP contribution in [0.15, 0.2) is 15.8 Å².